The molecule has 0 aliphatic carbocycles. The summed E-state index contributed by atoms with van der Waals surface area (Å²) < 4.78 is 0.813. The van der Waals surface area contributed by atoms with E-state index in [1.54, 1.807) is 4.90 Å². The predicted octanol–water partition coefficient (Wildman–Crippen LogP) is 3.20. The highest BCUT2D eigenvalue weighted by Crippen LogP contribution is 2.23. The summed E-state index contributed by atoms with van der Waals surface area (Å²) in [6, 6.07) is 5.76. The Morgan fingerprint density at radius 2 is 2.21 bits per heavy atom. The van der Waals surface area contributed by atoms with Crippen LogP contribution in [0, 0.1) is 12.8 Å². The van der Waals surface area contributed by atoms with E-state index in [-0.39, 0.29) is 17.6 Å². The Kier molecular flexibility index (Phi) is 4.40. The summed E-state index contributed by atoms with van der Waals surface area (Å²) in [6.45, 7) is 5.06. The molecule has 1 amide bonds. The van der Waals surface area contributed by atoms with Gasteiger partial charge in [0.1, 0.15) is 5.78 Å². The zero-order valence-corrected chi connectivity index (χ0v) is 12.9. The van der Waals surface area contributed by atoms with E-state index in [0.29, 0.717) is 25.1 Å². The van der Waals surface area contributed by atoms with Gasteiger partial charge in [0.25, 0.3) is 5.91 Å². The molecule has 19 heavy (non-hydrogen) atoms. The zero-order chi connectivity index (χ0) is 14.0. The minimum Gasteiger partial charge on any atom is -0.337 e. The van der Waals surface area contributed by atoms with Gasteiger partial charge in [0.15, 0.2) is 0 Å². The Morgan fingerprint density at radius 1 is 1.47 bits per heavy atom. The minimum absolute atomic E-state index is 0.00119. The molecule has 1 aromatic rings. The number of piperidine rings is 1. The van der Waals surface area contributed by atoms with Crippen molar-refractivity contribution < 1.29 is 9.59 Å². The molecule has 0 bridgehead atoms. The average Bonchev–Trinajstić information content (AvgIpc) is 2.41. The molecule has 2 rings (SSSR count). The van der Waals surface area contributed by atoms with Gasteiger partial charge in [-0.05, 0) is 41.4 Å². The molecular formula is C15H18BrNO2. The van der Waals surface area contributed by atoms with Gasteiger partial charge in [-0.15, -0.1) is 0 Å². The van der Waals surface area contributed by atoms with E-state index in [2.05, 4.69) is 15.9 Å². The highest BCUT2D eigenvalue weighted by molar-refractivity contribution is 9.10. The van der Waals surface area contributed by atoms with Crippen molar-refractivity contribution in [2.75, 3.05) is 13.1 Å². The van der Waals surface area contributed by atoms with E-state index in [9.17, 15) is 9.59 Å². The lowest BCUT2D eigenvalue weighted by Gasteiger charge is -2.31. The van der Waals surface area contributed by atoms with Crippen LogP contribution in [0.3, 0.4) is 0 Å². The van der Waals surface area contributed by atoms with Crippen molar-refractivity contribution in [2.24, 2.45) is 5.92 Å². The van der Waals surface area contributed by atoms with E-state index in [0.717, 1.165) is 16.5 Å². The van der Waals surface area contributed by atoms with E-state index in [4.69, 9.17) is 0 Å². The summed E-state index contributed by atoms with van der Waals surface area (Å²) in [5.74, 6) is 0.303. The Balaban J connectivity index is 2.20. The number of carbonyl (C=O) groups is 2. The number of hydrogen-bond donors (Lipinski definition) is 0. The van der Waals surface area contributed by atoms with Crippen molar-refractivity contribution >= 4 is 27.6 Å². The van der Waals surface area contributed by atoms with Crippen LogP contribution in [0.4, 0.5) is 0 Å². The molecule has 1 heterocycles. The van der Waals surface area contributed by atoms with Crippen LogP contribution in [0.15, 0.2) is 22.7 Å². The molecule has 1 unspecified atom stereocenters. The fourth-order valence-electron chi connectivity index (χ4n) is 2.42. The summed E-state index contributed by atoms with van der Waals surface area (Å²) in [5, 5.41) is 0. The van der Waals surface area contributed by atoms with Crippen LogP contribution in [0.1, 0.15) is 35.7 Å². The lowest BCUT2D eigenvalue weighted by molar-refractivity contribution is -0.125. The van der Waals surface area contributed by atoms with Crippen LogP contribution < -0.4 is 0 Å². The Bertz CT molecular complexity index is 513. The first-order chi connectivity index (χ1) is 9.02. The number of ketones is 1. The number of rotatable bonds is 2. The third kappa shape index (κ3) is 3.06. The molecule has 1 atom stereocenters. The highest BCUT2D eigenvalue weighted by Gasteiger charge is 2.29. The molecule has 1 aliphatic rings. The molecule has 102 valence electrons. The SMILES string of the molecule is CCC1CN(C(=O)c2cc(C)ccc2Br)CCC1=O. The van der Waals surface area contributed by atoms with E-state index in [1.807, 2.05) is 32.0 Å². The van der Waals surface area contributed by atoms with E-state index in [1.165, 1.54) is 0 Å². The fourth-order valence-corrected chi connectivity index (χ4v) is 2.84. The molecule has 0 aromatic heterocycles. The van der Waals surface area contributed by atoms with Gasteiger partial charge in [-0.3, -0.25) is 9.59 Å². The maximum absolute atomic E-state index is 12.5. The lowest BCUT2D eigenvalue weighted by Crippen LogP contribution is -2.44. The van der Waals surface area contributed by atoms with Crippen LogP contribution in [0.2, 0.25) is 0 Å². The molecule has 0 saturated carbocycles. The fraction of sp³-hybridized carbons (Fsp3) is 0.467. The van der Waals surface area contributed by atoms with Crippen molar-refractivity contribution in [2.45, 2.75) is 26.7 Å². The summed E-state index contributed by atoms with van der Waals surface area (Å²) in [4.78, 5) is 26.0. The minimum atomic E-state index is 0.00119. The van der Waals surface area contributed by atoms with Crippen molar-refractivity contribution in [3.63, 3.8) is 0 Å². The van der Waals surface area contributed by atoms with Crippen LogP contribution in [-0.4, -0.2) is 29.7 Å². The highest BCUT2D eigenvalue weighted by atomic mass is 79.9. The Labute approximate surface area is 122 Å². The maximum atomic E-state index is 12.5. The van der Waals surface area contributed by atoms with E-state index < -0.39 is 0 Å². The zero-order valence-electron chi connectivity index (χ0n) is 11.3. The summed E-state index contributed by atoms with van der Waals surface area (Å²) in [6.07, 6.45) is 1.28. The van der Waals surface area contributed by atoms with Gasteiger partial charge in [0, 0.05) is 29.9 Å². The molecule has 0 N–H and O–H groups in total. The molecule has 1 saturated heterocycles. The standard InChI is InChI=1S/C15H18BrNO2/c1-3-11-9-17(7-6-14(11)18)15(19)12-8-10(2)4-5-13(12)16/h4-5,8,11H,3,6-7,9H2,1-2H3. The predicted molar refractivity (Wildman–Crippen MR) is 78.2 cm³/mol. The second-order valence-electron chi connectivity index (χ2n) is 5.06. The van der Waals surface area contributed by atoms with Gasteiger partial charge in [-0.2, -0.15) is 0 Å². The van der Waals surface area contributed by atoms with Gasteiger partial charge in [0.2, 0.25) is 0 Å². The van der Waals surface area contributed by atoms with Crippen molar-refractivity contribution in [1.29, 1.82) is 0 Å². The maximum Gasteiger partial charge on any atom is 0.255 e. The van der Waals surface area contributed by atoms with Crippen molar-refractivity contribution in [1.82, 2.24) is 4.90 Å². The van der Waals surface area contributed by atoms with Crippen LogP contribution in [0.25, 0.3) is 0 Å². The Morgan fingerprint density at radius 3 is 2.89 bits per heavy atom. The first-order valence-corrected chi connectivity index (χ1v) is 7.40. The van der Waals surface area contributed by atoms with Crippen molar-refractivity contribution in [3.8, 4) is 0 Å². The molecule has 3 nitrogen and oxygen atoms in total. The first-order valence-electron chi connectivity index (χ1n) is 6.61. The quantitative estimate of drug-likeness (QED) is 0.838. The van der Waals surface area contributed by atoms with Gasteiger partial charge < -0.3 is 4.90 Å². The van der Waals surface area contributed by atoms with E-state index >= 15 is 0 Å². The molecule has 1 aliphatic heterocycles. The third-order valence-electron chi connectivity index (χ3n) is 3.66. The second kappa shape index (κ2) is 5.87. The molecule has 1 fully saturated rings. The largest absolute Gasteiger partial charge is 0.337 e. The molecule has 1 aromatic carbocycles. The number of carbonyl (C=O) groups excluding carboxylic acids is 2. The van der Waals surface area contributed by atoms with Crippen LogP contribution >= 0.6 is 15.9 Å². The third-order valence-corrected chi connectivity index (χ3v) is 4.35. The molecule has 0 radical (unpaired) electrons. The molecular weight excluding hydrogens is 306 g/mol. The number of benzene rings is 1. The summed E-state index contributed by atoms with van der Waals surface area (Å²) in [7, 11) is 0. The smallest absolute Gasteiger partial charge is 0.255 e. The van der Waals surface area contributed by atoms with Crippen LogP contribution in [0.5, 0.6) is 0 Å². The van der Waals surface area contributed by atoms with Gasteiger partial charge >= 0.3 is 0 Å². The topological polar surface area (TPSA) is 37.4 Å². The second-order valence-corrected chi connectivity index (χ2v) is 5.91. The summed E-state index contributed by atoms with van der Waals surface area (Å²) in [5.41, 5.74) is 1.75. The number of amides is 1. The average molecular weight is 324 g/mol. The van der Waals surface area contributed by atoms with Gasteiger partial charge in [-0.25, -0.2) is 0 Å². The molecule has 4 heteroatoms. The number of Topliss-reactive ketones (excluding diaryl/α,β-unsaturated/α-hetero) is 1. The monoisotopic (exact) mass is 323 g/mol. The number of hydrogen-bond acceptors (Lipinski definition) is 2. The van der Waals surface area contributed by atoms with Gasteiger partial charge in [0.05, 0.1) is 5.56 Å². The normalized spacial score (nSPS) is 19.6. The number of likely N-dealkylation sites (tertiary alicyclic amines) is 1. The summed E-state index contributed by atoms with van der Waals surface area (Å²) >= 11 is 3.43. The Hall–Kier alpha value is -1.16. The van der Waals surface area contributed by atoms with Gasteiger partial charge in [-0.1, -0.05) is 18.6 Å². The number of nitrogens with zero attached hydrogens (tertiary/aromatic N) is 1. The van der Waals surface area contributed by atoms with Crippen molar-refractivity contribution in [3.05, 3.63) is 33.8 Å². The first kappa shape index (κ1) is 14.3. The lowest BCUT2D eigenvalue weighted by atomic mass is 9.93. The van der Waals surface area contributed by atoms with Crippen LogP contribution in [-0.2, 0) is 4.79 Å². The number of halogens is 1. The number of aryl methyl sites for hydroxylation is 1. The molecule has 0 spiro atoms.